The van der Waals surface area contributed by atoms with Crippen molar-refractivity contribution >= 4 is 18.0 Å². The number of carbonyl (C=O) groups excluding carboxylic acids is 2. The van der Waals surface area contributed by atoms with Crippen LogP contribution in [0.15, 0.2) is 21.7 Å². The summed E-state index contributed by atoms with van der Waals surface area (Å²) in [7, 11) is 1.57. The number of rotatable bonds is 6. The van der Waals surface area contributed by atoms with Crippen molar-refractivity contribution in [1.29, 1.82) is 0 Å². The number of aryl methyl sites for hydroxylation is 1. The van der Waals surface area contributed by atoms with Crippen molar-refractivity contribution in [2.45, 2.75) is 13.3 Å². The molecule has 1 aromatic heterocycles. The van der Waals surface area contributed by atoms with Crippen LogP contribution in [-0.4, -0.2) is 38.3 Å². The molecule has 19 heavy (non-hydrogen) atoms. The van der Waals surface area contributed by atoms with Crippen LogP contribution in [0.5, 0.6) is 0 Å². The van der Waals surface area contributed by atoms with Gasteiger partial charge in [-0.05, 0) is 25.5 Å². The number of hydrazone groups is 1. The van der Waals surface area contributed by atoms with Gasteiger partial charge in [0.2, 0.25) is 0 Å². The first-order chi connectivity index (χ1) is 9.13. The number of carbonyl (C=O) groups is 2. The molecular weight excluding hydrogens is 250 g/mol. The number of amides is 2. The Morgan fingerprint density at radius 2 is 2.21 bits per heavy atom. The van der Waals surface area contributed by atoms with E-state index in [1.165, 1.54) is 6.21 Å². The van der Waals surface area contributed by atoms with E-state index < -0.39 is 11.8 Å². The zero-order valence-electron chi connectivity index (χ0n) is 10.9. The van der Waals surface area contributed by atoms with Gasteiger partial charge in [-0.3, -0.25) is 9.59 Å². The molecule has 0 fully saturated rings. The third kappa shape index (κ3) is 5.82. The van der Waals surface area contributed by atoms with Crippen molar-refractivity contribution in [3.05, 3.63) is 23.7 Å². The predicted molar refractivity (Wildman–Crippen MR) is 68.7 cm³/mol. The molecule has 1 aromatic rings. The first kappa shape index (κ1) is 14.9. The second-order valence-corrected chi connectivity index (χ2v) is 3.75. The molecule has 0 aliphatic heterocycles. The Kier molecular flexibility index (Phi) is 6.31. The van der Waals surface area contributed by atoms with Gasteiger partial charge in [0.25, 0.3) is 0 Å². The standard InChI is InChI=1S/C12H17N3O4/c1-9-4-5-10(19-9)8-14-15-12(17)11(16)13-6-3-7-18-2/h4-5,8H,3,6-7H2,1-2H3,(H,13,16)(H,15,17)/b14-8-. The normalized spacial score (nSPS) is 10.6. The fourth-order valence-corrected chi connectivity index (χ4v) is 1.23. The van der Waals surface area contributed by atoms with Gasteiger partial charge in [0, 0.05) is 20.3 Å². The first-order valence-electron chi connectivity index (χ1n) is 5.80. The lowest BCUT2D eigenvalue weighted by molar-refractivity contribution is -0.139. The maximum atomic E-state index is 11.3. The van der Waals surface area contributed by atoms with Crippen LogP contribution >= 0.6 is 0 Å². The Morgan fingerprint density at radius 1 is 1.42 bits per heavy atom. The topological polar surface area (TPSA) is 92.9 Å². The predicted octanol–water partition coefficient (Wildman–Crippen LogP) is 0.191. The molecular formula is C12H17N3O4. The van der Waals surface area contributed by atoms with Gasteiger partial charge in [-0.25, -0.2) is 5.43 Å². The first-order valence-corrected chi connectivity index (χ1v) is 5.80. The highest BCUT2D eigenvalue weighted by molar-refractivity contribution is 6.35. The SMILES string of the molecule is COCCCNC(=O)C(=O)N/N=C\c1ccc(C)o1. The van der Waals surface area contributed by atoms with Crippen LogP contribution in [0, 0.1) is 6.92 Å². The molecule has 0 unspecified atom stereocenters. The number of nitrogens with zero attached hydrogens (tertiary/aromatic N) is 1. The van der Waals surface area contributed by atoms with E-state index in [1.807, 2.05) is 0 Å². The lowest BCUT2D eigenvalue weighted by Gasteiger charge is -2.02. The molecule has 7 heteroatoms. The summed E-state index contributed by atoms with van der Waals surface area (Å²) in [6, 6.07) is 3.47. The molecule has 0 atom stereocenters. The Balaban J connectivity index is 2.26. The van der Waals surface area contributed by atoms with Crippen LogP contribution in [0.4, 0.5) is 0 Å². The minimum Gasteiger partial charge on any atom is -0.460 e. The number of hydrogen-bond donors (Lipinski definition) is 2. The number of ether oxygens (including phenoxy) is 1. The number of methoxy groups -OCH3 is 1. The van der Waals surface area contributed by atoms with Gasteiger partial charge in [-0.1, -0.05) is 0 Å². The van der Waals surface area contributed by atoms with Crippen LogP contribution in [-0.2, 0) is 14.3 Å². The van der Waals surface area contributed by atoms with Crippen molar-refractivity contribution in [3.63, 3.8) is 0 Å². The number of nitrogens with one attached hydrogen (secondary N) is 2. The highest BCUT2D eigenvalue weighted by atomic mass is 16.5. The highest BCUT2D eigenvalue weighted by Crippen LogP contribution is 2.02. The molecule has 0 bridgehead atoms. The summed E-state index contributed by atoms with van der Waals surface area (Å²) < 4.78 is 10.0. The molecule has 0 aliphatic carbocycles. The van der Waals surface area contributed by atoms with Gasteiger partial charge in [-0.15, -0.1) is 0 Å². The van der Waals surface area contributed by atoms with Crippen LogP contribution < -0.4 is 10.7 Å². The molecule has 104 valence electrons. The molecule has 2 N–H and O–H groups in total. The summed E-state index contributed by atoms with van der Waals surface area (Å²) in [6.45, 7) is 2.70. The van der Waals surface area contributed by atoms with E-state index in [9.17, 15) is 9.59 Å². The third-order valence-corrected chi connectivity index (χ3v) is 2.14. The molecule has 0 radical (unpaired) electrons. The summed E-state index contributed by atoms with van der Waals surface area (Å²) in [5, 5.41) is 6.06. The van der Waals surface area contributed by atoms with E-state index >= 15 is 0 Å². The Morgan fingerprint density at radius 3 is 2.84 bits per heavy atom. The van der Waals surface area contributed by atoms with Crippen LogP contribution in [0.1, 0.15) is 17.9 Å². The van der Waals surface area contributed by atoms with E-state index in [4.69, 9.17) is 9.15 Å². The number of hydrogen-bond acceptors (Lipinski definition) is 5. The molecule has 7 nitrogen and oxygen atoms in total. The second-order valence-electron chi connectivity index (χ2n) is 3.75. The molecule has 1 rings (SSSR count). The fourth-order valence-electron chi connectivity index (χ4n) is 1.23. The summed E-state index contributed by atoms with van der Waals surface area (Å²) in [5.74, 6) is -0.317. The quantitative estimate of drug-likeness (QED) is 0.333. The average molecular weight is 267 g/mol. The van der Waals surface area contributed by atoms with Crippen LogP contribution in [0.25, 0.3) is 0 Å². The van der Waals surface area contributed by atoms with Gasteiger partial charge in [0.05, 0.1) is 6.21 Å². The third-order valence-electron chi connectivity index (χ3n) is 2.14. The van der Waals surface area contributed by atoms with E-state index in [1.54, 1.807) is 26.2 Å². The minimum atomic E-state index is -0.822. The second kappa shape index (κ2) is 8.04. The molecule has 1 heterocycles. The Labute approximate surface area is 111 Å². The highest BCUT2D eigenvalue weighted by Gasteiger charge is 2.11. The maximum absolute atomic E-state index is 11.3. The Hall–Kier alpha value is -2.15. The number of furan rings is 1. The summed E-state index contributed by atoms with van der Waals surface area (Å²) in [5.41, 5.74) is 2.11. The fraction of sp³-hybridized carbons (Fsp3) is 0.417. The van der Waals surface area contributed by atoms with Crippen molar-refractivity contribution in [2.75, 3.05) is 20.3 Å². The zero-order valence-corrected chi connectivity index (χ0v) is 10.9. The van der Waals surface area contributed by atoms with Crippen LogP contribution in [0.3, 0.4) is 0 Å². The van der Waals surface area contributed by atoms with E-state index in [2.05, 4.69) is 15.8 Å². The lowest BCUT2D eigenvalue weighted by atomic mass is 10.4. The van der Waals surface area contributed by atoms with Crippen molar-refractivity contribution < 1.29 is 18.7 Å². The largest absolute Gasteiger partial charge is 0.460 e. The molecule has 2 amide bonds. The zero-order chi connectivity index (χ0) is 14.1. The minimum absolute atomic E-state index is 0.376. The summed E-state index contributed by atoms with van der Waals surface area (Å²) >= 11 is 0. The van der Waals surface area contributed by atoms with Crippen molar-refractivity contribution in [2.24, 2.45) is 5.10 Å². The van der Waals surface area contributed by atoms with E-state index in [0.29, 0.717) is 25.3 Å². The van der Waals surface area contributed by atoms with Gasteiger partial charge in [-0.2, -0.15) is 5.10 Å². The van der Waals surface area contributed by atoms with Crippen LogP contribution in [0.2, 0.25) is 0 Å². The van der Waals surface area contributed by atoms with Gasteiger partial charge >= 0.3 is 11.8 Å². The van der Waals surface area contributed by atoms with Gasteiger partial charge in [0.15, 0.2) is 0 Å². The Bertz CT molecular complexity index is 454. The smallest absolute Gasteiger partial charge is 0.329 e. The summed E-state index contributed by atoms with van der Waals surface area (Å²) in [6.07, 6.45) is 1.97. The maximum Gasteiger partial charge on any atom is 0.329 e. The molecule has 0 saturated heterocycles. The molecule has 0 aliphatic rings. The average Bonchev–Trinajstić information content (AvgIpc) is 2.80. The monoisotopic (exact) mass is 267 g/mol. The summed E-state index contributed by atoms with van der Waals surface area (Å²) in [4.78, 5) is 22.6. The molecule has 0 aromatic carbocycles. The van der Waals surface area contributed by atoms with Gasteiger partial charge < -0.3 is 14.5 Å². The van der Waals surface area contributed by atoms with E-state index in [-0.39, 0.29) is 0 Å². The van der Waals surface area contributed by atoms with E-state index in [0.717, 1.165) is 5.76 Å². The van der Waals surface area contributed by atoms with Gasteiger partial charge in [0.1, 0.15) is 11.5 Å². The van der Waals surface area contributed by atoms with Crippen molar-refractivity contribution in [1.82, 2.24) is 10.7 Å². The molecule has 0 spiro atoms. The van der Waals surface area contributed by atoms with Crippen molar-refractivity contribution in [3.8, 4) is 0 Å². The molecule has 0 saturated carbocycles. The lowest BCUT2D eigenvalue weighted by Crippen LogP contribution is -2.38.